The highest BCUT2D eigenvalue weighted by molar-refractivity contribution is 6.05. The van der Waals surface area contributed by atoms with Gasteiger partial charge in [0.05, 0.1) is 23.8 Å². The minimum atomic E-state index is -0.497. The Balaban J connectivity index is 1.48. The highest BCUT2D eigenvalue weighted by Crippen LogP contribution is 2.20. The van der Waals surface area contributed by atoms with Gasteiger partial charge in [0.25, 0.3) is 5.91 Å². The zero-order valence-corrected chi connectivity index (χ0v) is 15.7. The number of methoxy groups -OCH3 is 1. The van der Waals surface area contributed by atoms with Crippen LogP contribution in [0, 0.1) is 0 Å². The number of rotatable bonds is 3. The third kappa shape index (κ3) is 3.41. The number of benzene rings is 2. The van der Waals surface area contributed by atoms with E-state index >= 15 is 0 Å². The molecule has 6 nitrogen and oxygen atoms in total. The van der Waals surface area contributed by atoms with Crippen LogP contribution in [0.1, 0.15) is 20.7 Å². The number of fused-ring (bicyclic) bond motifs is 1. The number of aromatic nitrogens is 1. The number of amides is 1. The van der Waals surface area contributed by atoms with Crippen molar-refractivity contribution >= 4 is 28.6 Å². The Hall–Kier alpha value is -3.41. The van der Waals surface area contributed by atoms with Crippen LogP contribution in [0.3, 0.4) is 0 Å². The minimum Gasteiger partial charge on any atom is -0.465 e. The molecule has 4 rings (SSSR count). The summed E-state index contributed by atoms with van der Waals surface area (Å²) in [5.74, 6) is 0.274. The number of para-hydroxylation sites is 1. The largest absolute Gasteiger partial charge is 0.465 e. The van der Waals surface area contributed by atoms with Crippen LogP contribution >= 0.6 is 0 Å². The van der Waals surface area contributed by atoms with Crippen molar-refractivity contribution in [1.29, 1.82) is 0 Å². The van der Waals surface area contributed by atoms with Crippen molar-refractivity contribution in [2.24, 2.45) is 0 Å². The number of hydrogen-bond acceptors (Lipinski definition) is 5. The molecule has 1 aromatic heterocycles. The zero-order valence-electron chi connectivity index (χ0n) is 15.7. The average molecular weight is 375 g/mol. The van der Waals surface area contributed by atoms with Crippen molar-refractivity contribution in [3.05, 3.63) is 71.8 Å². The molecule has 0 unspecified atom stereocenters. The fourth-order valence-electron chi connectivity index (χ4n) is 3.50. The van der Waals surface area contributed by atoms with Crippen LogP contribution in [0.4, 0.5) is 5.82 Å². The van der Waals surface area contributed by atoms with E-state index in [-0.39, 0.29) is 5.91 Å². The second-order valence-electron chi connectivity index (χ2n) is 6.68. The fourth-order valence-corrected chi connectivity index (χ4v) is 3.50. The van der Waals surface area contributed by atoms with Crippen LogP contribution in [0.15, 0.2) is 60.7 Å². The number of nitrogens with zero attached hydrogens (tertiary/aromatic N) is 3. The number of carbonyl (C=O) groups excluding carboxylic acids is 2. The van der Waals surface area contributed by atoms with Crippen molar-refractivity contribution in [1.82, 2.24) is 9.88 Å². The summed E-state index contributed by atoms with van der Waals surface area (Å²) < 4.78 is 4.80. The minimum absolute atomic E-state index is 0.146. The van der Waals surface area contributed by atoms with Crippen LogP contribution in [-0.4, -0.2) is 55.0 Å². The Morgan fingerprint density at radius 3 is 2.29 bits per heavy atom. The van der Waals surface area contributed by atoms with Crippen molar-refractivity contribution < 1.29 is 14.3 Å². The van der Waals surface area contributed by atoms with E-state index in [9.17, 15) is 9.59 Å². The first-order valence-electron chi connectivity index (χ1n) is 9.25. The van der Waals surface area contributed by atoms with Gasteiger partial charge in [0.2, 0.25) is 0 Å². The first-order valence-corrected chi connectivity index (χ1v) is 9.25. The average Bonchev–Trinajstić information content (AvgIpc) is 2.78. The number of carbonyl (C=O) groups is 2. The zero-order chi connectivity index (χ0) is 19.5. The maximum absolute atomic E-state index is 12.9. The van der Waals surface area contributed by atoms with Crippen LogP contribution in [-0.2, 0) is 4.74 Å². The molecule has 2 aromatic carbocycles. The van der Waals surface area contributed by atoms with Gasteiger partial charge in [-0.2, -0.15) is 0 Å². The number of piperazine rings is 1. The molecule has 0 atom stereocenters. The molecule has 0 bridgehead atoms. The smallest absolute Gasteiger partial charge is 0.338 e. The lowest BCUT2D eigenvalue weighted by Crippen LogP contribution is -2.49. The number of pyridine rings is 1. The first-order chi connectivity index (χ1) is 13.7. The maximum Gasteiger partial charge on any atom is 0.338 e. The second kappa shape index (κ2) is 7.68. The number of ether oxygens (including phenoxy) is 1. The van der Waals surface area contributed by atoms with Gasteiger partial charge in [-0.3, -0.25) is 4.79 Å². The summed E-state index contributed by atoms with van der Waals surface area (Å²) in [5, 5.41) is 1.11. The van der Waals surface area contributed by atoms with E-state index in [2.05, 4.69) is 11.0 Å². The van der Waals surface area contributed by atoms with E-state index in [0.29, 0.717) is 37.3 Å². The van der Waals surface area contributed by atoms with E-state index in [1.165, 1.54) is 7.11 Å². The van der Waals surface area contributed by atoms with Gasteiger partial charge < -0.3 is 14.5 Å². The van der Waals surface area contributed by atoms with Crippen molar-refractivity contribution in [2.75, 3.05) is 38.2 Å². The first kappa shape index (κ1) is 18.0. The van der Waals surface area contributed by atoms with Gasteiger partial charge in [-0.05, 0) is 30.3 Å². The van der Waals surface area contributed by atoms with E-state index in [1.807, 2.05) is 30.3 Å². The molecule has 142 valence electrons. The molecular formula is C22H21N3O3. The van der Waals surface area contributed by atoms with Crippen LogP contribution in [0.25, 0.3) is 10.9 Å². The molecule has 0 aliphatic carbocycles. The van der Waals surface area contributed by atoms with E-state index in [1.54, 1.807) is 29.2 Å². The van der Waals surface area contributed by atoms with Crippen LogP contribution < -0.4 is 4.90 Å². The Kier molecular flexibility index (Phi) is 4.93. The summed E-state index contributed by atoms with van der Waals surface area (Å²) in [4.78, 5) is 33.6. The van der Waals surface area contributed by atoms with Crippen LogP contribution in [0.5, 0.6) is 0 Å². The summed E-state index contributed by atoms with van der Waals surface area (Å²) in [5.41, 5.74) is 1.64. The Labute approximate surface area is 163 Å². The van der Waals surface area contributed by atoms with Gasteiger partial charge in [-0.25, -0.2) is 9.78 Å². The fraction of sp³-hybridized carbons (Fsp3) is 0.227. The molecule has 1 aliphatic rings. The number of anilines is 1. The molecule has 1 saturated heterocycles. The van der Waals surface area contributed by atoms with E-state index in [4.69, 9.17) is 9.72 Å². The van der Waals surface area contributed by atoms with Crippen molar-refractivity contribution in [3.63, 3.8) is 0 Å². The maximum atomic E-state index is 12.9. The van der Waals surface area contributed by atoms with Gasteiger partial charge in [-0.15, -0.1) is 0 Å². The molecule has 0 saturated carbocycles. The Morgan fingerprint density at radius 2 is 1.54 bits per heavy atom. The predicted molar refractivity (Wildman–Crippen MR) is 108 cm³/mol. The summed E-state index contributed by atoms with van der Waals surface area (Å²) in [6, 6.07) is 18.9. The van der Waals surface area contributed by atoms with E-state index in [0.717, 1.165) is 16.7 Å². The quantitative estimate of drug-likeness (QED) is 0.659. The third-order valence-electron chi connectivity index (χ3n) is 5.04. The van der Waals surface area contributed by atoms with Gasteiger partial charge in [-0.1, -0.05) is 30.3 Å². The molecule has 3 aromatic rings. The topological polar surface area (TPSA) is 62.7 Å². The molecular weight excluding hydrogens is 354 g/mol. The number of esters is 1. The molecule has 28 heavy (non-hydrogen) atoms. The lowest BCUT2D eigenvalue weighted by molar-refractivity contribution is 0.0589. The number of hydrogen-bond donors (Lipinski definition) is 0. The molecule has 6 heteroatoms. The summed E-state index contributed by atoms with van der Waals surface area (Å²) in [7, 11) is 1.32. The standard InChI is InChI=1S/C22H21N3O3/c1-28-22(27)18-8-4-3-7-17(18)21(26)25-14-12-24(13-15-25)20-11-10-16-6-2-5-9-19(16)23-20/h2-11H,12-15H2,1H3. The van der Waals surface area contributed by atoms with Crippen LogP contribution in [0.2, 0.25) is 0 Å². The monoisotopic (exact) mass is 375 g/mol. The highest BCUT2D eigenvalue weighted by Gasteiger charge is 2.26. The summed E-state index contributed by atoms with van der Waals surface area (Å²) >= 11 is 0. The molecule has 0 N–H and O–H groups in total. The molecule has 0 radical (unpaired) electrons. The highest BCUT2D eigenvalue weighted by atomic mass is 16.5. The molecule has 2 heterocycles. The second-order valence-corrected chi connectivity index (χ2v) is 6.68. The third-order valence-corrected chi connectivity index (χ3v) is 5.04. The molecule has 0 spiro atoms. The molecule has 1 fully saturated rings. The Bertz CT molecular complexity index is 1030. The summed E-state index contributed by atoms with van der Waals surface area (Å²) in [6.45, 7) is 2.53. The van der Waals surface area contributed by atoms with Gasteiger partial charge in [0, 0.05) is 31.6 Å². The molecule has 1 amide bonds. The van der Waals surface area contributed by atoms with E-state index < -0.39 is 5.97 Å². The predicted octanol–water partition coefficient (Wildman–Crippen LogP) is 2.98. The Morgan fingerprint density at radius 1 is 0.857 bits per heavy atom. The van der Waals surface area contributed by atoms with Gasteiger partial charge in [0.1, 0.15) is 5.82 Å². The lowest BCUT2D eigenvalue weighted by atomic mass is 10.1. The summed E-state index contributed by atoms with van der Waals surface area (Å²) in [6.07, 6.45) is 0. The normalized spacial score (nSPS) is 14.2. The molecule has 1 aliphatic heterocycles. The van der Waals surface area contributed by atoms with Gasteiger partial charge in [0.15, 0.2) is 0 Å². The van der Waals surface area contributed by atoms with Crippen molar-refractivity contribution in [2.45, 2.75) is 0 Å². The SMILES string of the molecule is COC(=O)c1ccccc1C(=O)N1CCN(c2ccc3ccccc3n2)CC1. The lowest BCUT2D eigenvalue weighted by Gasteiger charge is -2.35. The van der Waals surface area contributed by atoms with Gasteiger partial charge >= 0.3 is 5.97 Å². The van der Waals surface area contributed by atoms with Crippen molar-refractivity contribution in [3.8, 4) is 0 Å².